The highest BCUT2D eigenvalue weighted by Gasteiger charge is 2.36. The molecule has 2 fully saturated rings. The molecule has 6 nitrogen and oxygen atoms in total. The van der Waals surface area contributed by atoms with Crippen LogP contribution in [0.3, 0.4) is 0 Å². The third kappa shape index (κ3) is 4.23. The van der Waals surface area contributed by atoms with Crippen LogP contribution in [0.2, 0.25) is 0 Å². The fourth-order valence-electron chi connectivity index (χ4n) is 4.77. The molecule has 6 heteroatoms. The maximum absolute atomic E-state index is 13.3. The second kappa shape index (κ2) is 8.62. The number of likely N-dealkylation sites (tertiary alicyclic amines) is 1. The van der Waals surface area contributed by atoms with Crippen LogP contribution in [0.5, 0.6) is 0 Å². The minimum absolute atomic E-state index is 0.0185. The highest BCUT2D eigenvalue weighted by atomic mass is 16.5. The van der Waals surface area contributed by atoms with Crippen LogP contribution in [0.25, 0.3) is 0 Å². The first-order valence-electron chi connectivity index (χ1n) is 10.5. The van der Waals surface area contributed by atoms with Crippen molar-refractivity contribution in [3.05, 3.63) is 35.4 Å². The Hall–Kier alpha value is -1.92. The van der Waals surface area contributed by atoms with Crippen LogP contribution in [0.4, 0.5) is 0 Å². The summed E-state index contributed by atoms with van der Waals surface area (Å²) in [6.45, 7) is 8.54. The van der Waals surface area contributed by atoms with Crippen molar-refractivity contribution < 1.29 is 14.3 Å². The minimum atomic E-state index is -0.358. The van der Waals surface area contributed by atoms with Gasteiger partial charge in [-0.1, -0.05) is 24.3 Å². The normalized spacial score (nSPS) is 24.1. The van der Waals surface area contributed by atoms with Crippen LogP contribution in [0.1, 0.15) is 30.9 Å². The molecule has 2 saturated heterocycles. The van der Waals surface area contributed by atoms with Crippen molar-refractivity contribution in [1.82, 2.24) is 14.7 Å². The van der Waals surface area contributed by atoms with Gasteiger partial charge in [0, 0.05) is 52.6 Å². The molecule has 1 atom stereocenters. The van der Waals surface area contributed by atoms with Gasteiger partial charge in [0.2, 0.25) is 11.8 Å². The SMILES string of the molecule is CC(=O)N1Cc2ccccc2CC1C(=O)N1CCC(CN2CCOCC2)CC1. The molecule has 3 aliphatic heterocycles. The summed E-state index contributed by atoms with van der Waals surface area (Å²) in [6.07, 6.45) is 2.72. The number of piperidine rings is 1. The summed E-state index contributed by atoms with van der Waals surface area (Å²) in [4.78, 5) is 31.7. The fraction of sp³-hybridized carbons (Fsp3) is 0.636. The summed E-state index contributed by atoms with van der Waals surface area (Å²) in [5, 5.41) is 0. The van der Waals surface area contributed by atoms with Crippen molar-refractivity contribution in [3.63, 3.8) is 0 Å². The van der Waals surface area contributed by atoms with Crippen LogP contribution >= 0.6 is 0 Å². The first kappa shape index (κ1) is 19.4. The molecule has 0 aromatic heterocycles. The van der Waals surface area contributed by atoms with Gasteiger partial charge in [-0.15, -0.1) is 0 Å². The smallest absolute Gasteiger partial charge is 0.245 e. The molecular formula is C22H31N3O3. The van der Waals surface area contributed by atoms with Crippen molar-refractivity contribution in [1.29, 1.82) is 0 Å². The van der Waals surface area contributed by atoms with E-state index in [1.54, 1.807) is 11.8 Å². The van der Waals surface area contributed by atoms with Gasteiger partial charge in [-0.25, -0.2) is 0 Å². The van der Waals surface area contributed by atoms with Crippen molar-refractivity contribution in [2.75, 3.05) is 45.9 Å². The molecule has 0 bridgehead atoms. The second-order valence-corrected chi connectivity index (χ2v) is 8.32. The van der Waals surface area contributed by atoms with Gasteiger partial charge in [-0.3, -0.25) is 14.5 Å². The van der Waals surface area contributed by atoms with Gasteiger partial charge < -0.3 is 14.5 Å². The van der Waals surface area contributed by atoms with Gasteiger partial charge >= 0.3 is 0 Å². The molecule has 3 heterocycles. The maximum atomic E-state index is 13.3. The molecule has 3 aliphatic rings. The number of fused-ring (bicyclic) bond motifs is 1. The van der Waals surface area contributed by atoms with E-state index in [4.69, 9.17) is 4.74 Å². The van der Waals surface area contributed by atoms with E-state index in [-0.39, 0.29) is 17.9 Å². The average molecular weight is 386 g/mol. The lowest BCUT2D eigenvalue weighted by Crippen LogP contribution is -2.55. The monoisotopic (exact) mass is 385 g/mol. The molecule has 0 saturated carbocycles. The Morgan fingerprint density at radius 1 is 1.04 bits per heavy atom. The predicted octanol–water partition coefficient (Wildman–Crippen LogP) is 1.53. The summed E-state index contributed by atoms with van der Waals surface area (Å²) in [7, 11) is 0. The minimum Gasteiger partial charge on any atom is -0.379 e. The molecule has 1 aromatic rings. The number of amides is 2. The maximum Gasteiger partial charge on any atom is 0.245 e. The van der Waals surface area contributed by atoms with Crippen molar-refractivity contribution >= 4 is 11.8 Å². The van der Waals surface area contributed by atoms with Crippen molar-refractivity contribution in [3.8, 4) is 0 Å². The number of hydrogen-bond acceptors (Lipinski definition) is 4. The lowest BCUT2D eigenvalue weighted by molar-refractivity contribution is -0.147. The fourth-order valence-corrected chi connectivity index (χ4v) is 4.77. The number of carbonyl (C=O) groups is 2. The van der Waals surface area contributed by atoms with Crippen LogP contribution in [-0.2, 0) is 27.3 Å². The van der Waals surface area contributed by atoms with E-state index in [1.807, 2.05) is 17.0 Å². The Kier molecular flexibility index (Phi) is 5.97. The molecule has 0 N–H and O–H groups in total. The standard InChI is InChI=1S/C22H31N3O3/c1-17(26)25-16-20-5-3-2-4-19(20)14-21(25)22(27)24-8-6-18(7-9-24)15-23-10-12-28-13-11-23/h2-5,18,21H,6-16H2,1H3. The third-order valence-electron chi connectivity index (χ3n) is 6.48. The topological polar surface area (TPSA) is 53.1 Å². The van der Waals surface area contributed by atoms with Crippen molar-refractivity contribution in [2.45, 2.75) is 38.8 Å². The zero-order valence-corrected chi connectivity index (χ0v) is 16.8. The van der Waals surface area contributed by atoms with Crippen LogP contribution < -0.4 is 0 Å². The molecule has 2 amide bonds. The molecule has 0 aliphatic carbocycles. The van der Waals surface area contributed by atoms with E-state index in [9.17, 15) is 9.59 Å². The zero-order chi connectivity index (χ0) is 19.5. The molecule has 0 spiro atoms. The Morgan fingerprint density at radius 2 is 1.71 bits per heavy atom. The number of morpholine rings is 1. The molecule has 4 rings (SSSR count). The Morgan fingerprint density at radius 3 is 2.39 bits per heavy atom. The lowest BCUT2D eigenvalue weighted by Gasteiger charge is -2.41. The number of ether oxygens (including phenoxy) is 1. The summed E-state index contributed by atoms with van der Waals surface area (Å²) in [5.74, 6) is 0.753. The Balaban J connectivity index is 1.36. The average Bonchev–Trinajstić information content (AvgIpc) is 2.73. The molecule has 1 unspecified atom stereocenters. The molecular weight excluding hydrogens is 354 g/mol. The number of benzene rings is 1. The summed E-state index contributed by atoms with van der Waals surface area (Å²) >= 11 is 0. The number of hydrogen-bond donors (Lipinski definition) is 0. The van der Waals surface area contributed by atoms with E-state index < -0.39 is 0 Å². The van der Waals surface area contributed by atoms with E-state index in [2.05, 4.69) is 17.0 Å². The zero-order valence-electron chi connectivity index (χ0n) is 16.8. The highest BCUT2D eigenvalue weighted by molar-refractivity contribution is 5.88. The predicted molar refractivity (Wildman–Crippen MR) is 107 cm³/mol. The quantitative estimate of drug-likeness (QED) is 0.792. The van der Waals surface area contributed by atoms with Gasteiger partial charge in [-0.2, -0.15) is 0 Å². The Bertz CT molecular complexity index is 709. The molecule has 1 aromatic carbocycles. The van der Waals surface area contributed by atoms with Gasteiger partial charge in [0.1, 0.15) is 6.04 Å². The van der Waals surface area contributed by atoms with Crippen molar-refractivity contribution in [2.24, 2.45) is 5.92 Å². The number of rotatable bonds is 3. The first-order chi connectivity index (χ1) is 13.6. The summed E-state index contributed by atoms with van der Waals surface area (Å²) in [6, 6.07) is 7.80. The number of carbonyl (C=O) groups excluding carboxylic acids is 2. The van der Waals surface area contributed by atoms with Gasteiger partial charge in [-0.05, 0) is 29.9 Å². The third-order valence-corrected chi connectivity index (χ3v) is 6.48. The van der Waals surface area contributed by atoms with E-state index in [0.717, 1.165) is 64.3 Å². The second-order valence-electron chi connectivity index (χ2n) is 8.32. The number of nitrogens with zero attached hydrogens (tertiary/aromatic N) is 3. The van der Waals surface area contributed by atoms with E-state index in [0.29, 0.717) is 18.9 Å². The molecule has 28 heavy (non-hydrogen) atoms. The van der Waals surface area contributed by atoms with E-state index in [1.165, 1.54) is 5.56 Å². The Labute approximate surface area is 167 Å². The molecule has 0 radical (unpaired) electrons. The van der Waals surface area contributed by atoms with Crippen LogP contribution in [-0.4, -0.2) is 78.5 Å². The van der Waals surface area contributed by atoms with E-state index >= 15 is 0 Å². The summed E-state index contributed by atoms with van der Waals surface area (Å²) in [5.41, 5.74) is 2.35. The largest absolute Gasteiger partial charge is 0.379 e. The van der Waals surface area contributed by atoms with Crippen LogP contribution in [0, 0.1) is 5.92 Å². The van der Waals surface area contributed by atoms with Gasteiger partial charge in [0.25, 0.3) is 0 Å². The first-order valence-corrected chi connectivity index (χ1v) is 10.5. The summed E-state index contributed by atoms with van der Waals surface area (Å²) < 4.78 is 5.43. The highest BCUT2D eigenvalue weighted by Crippen LogP contribution is 2.26. The van der Waals surface area contributed by atoms with Gasteiger partial charge in [0.15, 0.2) is 0 Å². The molecule has 152 valence electrons. The lowest BCUT2D eigenvalue weighted by atomic mass is 9.91. The van der Waals surface area contributed by atoms with Gasteiger partial charge in [0.05, 0.1) is 13.2 Å². The van der Waals surface area contributed by atoms with Crippen LogP contribution in [0.15, 0.2) is 24.3 Å².